The van der Waals surface area contributed by atoms with Crippen LogP contribution >= 0.6 is 0 Å². The maximum absolute atomic E-state index is 6.12. The Labute approximate surface area is 136 Å². The molecule has 122 valence electrons. The van der Waals surface area contributed by atoms with E-state index in [-0.39, 0.29) is 5.41 Å². The zero-order valence-electron chi connectivity index (χ0n) is 15.2. The van der Waals surface area contributed by atoms with E-state index in [1.807, 2.05) is 6.07 Å². The summed E-state index contributed by atoms with van der Waals surface area (Å²) >= 11 is 0. The summed E-state index contributed by atoms with van der Waals surface area (Å²) in [4.78, 5) is 2.24. The van der Waals surface area contributed by atoms with Gasteiger partial charge in [0.15, 0.2) is 0 Å². The number of benzene rings is 1. The second-order valence-corrected chi connectivity index (χ2v) is 7.51. The predicted octanol–water partition coefficient (Wildman–Crippen LogP) is 4.90. The number of anilines is 1. The van der Waals surface area contributed by atoms with Crippen LogP contribution in [0.25, 0.3) is 5.57 Å². The quantitative estimate of drug-likeness (QED) is 0.573. The van der Waals surface area contributed by atoms with Crippen LogP contribution in [0.15, 0.2) is 36.4 Å². The van der Waals surface area contributed by atoms with Crippen LogP contribution in [0.5, 0.6) is 0 Å². The molecule has 2 nitrogen and oxygen atoms in total. The largest absolute Gasteiger partial charge is 0.398 e. The topological polar surface area (TPSA) is 29.3 Å². The van der Waals surface area contributed by atoms with E-state index in [0.29, 0.717) is 0 Å². The highest BCUT2D eigenvalue weighted by molar-refractivity contribution is 5.74. The molecule has 0 aliphatic rings. The van der Waals surface area contributed by atoms with Gasteiger partial charge in [0, 0.05) is 17.8 Å². The molecule has 0 aliphatic heterocycles. The molecule has 0 unspecified atom stereocenters. The number of hydrogen-bond acceptors (Lipinski definition) is 2. The lowest BCUT2D eigenvalue weighted by molar-refractivity contribution is 0.238. The van der Waals surface area contributed by atoms with Crippen LogP contribution in [0.2, 0.25) is 0 Å². The number of hydrogen-bond donors (Lipinski definition) is 1. The molecule has 0 saturated heterocycles. The van der Waals surface area contributed by atoms with Crippen LogP contribution in [0.3, 0.4) is 0 Å². The first kappa shape index (κ1) is 18.5. The Kier molecular flexibility index (Phi) is 6.43. The van der Waals surface area contributed by atoms with Crippen molar-refractivity contribution in [1.29, 1.82) is 0 Å². The zero-order chi connectivity index (χ0) is 16.9. The molecule has 0 saturated carbocycles. The fourth-order valence-corrected chi connectivity index (χ4v) is 3.11. The van der Waals surface area contributed by atoms with Crippen LogP contribution < -0.4 is 5.73 Å². The lowest BCUT2D eigenvalue weighted by atomic mass is 9.84. The molecule has 2 N–H and O–H groups in total. The normalized spacial score (nSPS) is 12.8. The molecule has 1 aromatic rings. The van der Waals surface area contributed by atoms with Crippen molar-refractivity contribution in [3.8, 4) is 0 Å². The molecule has 0 atom stereocenters. The average molecular weight is 300 g/mol. The van der Waals surface area contributed by atoms with Gasteiger partial charge in [0.25, 0.3) is 0 Å². The Morgan fingerprint density at radius 3 is 2.50 bits per heavy atom. The van der Waals surface area contributed by atoms with E-state index in [1.165, 1.54) is 16.7 Å². The fourth-order valence-electron chi connectivity index (χ4n) is 3.11. The first-order chi connectivity index (χ1) is 10.1. The molecule has 0 spiro atoms. The third-order valence-corrected chi connectivity index (χ3v) is 3.80. The van der Waals surface area contributed by atoms with E-state index in [1.54, 1.807) is 0 Å². The van der Waals surface area contributed by atoms with Crippen LogP contribution in [-0.2, 0) is 0 Å². The SMILES string of the molecule is C=C(C/C=C(\C)c1ccc(C)cc1N)CC(C)(C)CN(C)C. The van der Waals surface area contributed by atoms with Crippen LogP contribution in [0, 0.1) is 12.3 Å². The minimum atomic E-state index is 0.255. The first-order valence-corrected chi connectivity index (χ1v) is 7.95. The van der Waals surface area contributed by atoms with Gasteiger partial charge in [-0.05, 0) is 63.4 Å². The predicted molar refractivity (Wildman–Crippen MR) is 100.0 cm³/mol. The van der Waals surface area contributed by atoms with Crippen LogP contribution in [0.1, 0.15) is 44.7 Å². The highest BCUT2D eigenvalue weighted by Gasteiger charge is 2.19. The number of nitrogen functional groups attached to an aromatic ring is 1. The summed E-state index contributed by atoms with van der Waals surface area (Å²) in [6, 6.07) is 6.25. The van der Waals surface area contributed by atoms with Gasteiger partial charge in [-0.15, -0.1) is 0 Å². The second-order valence-electron chi connectivity index (χ2n) is 7.51. The van der Waals surface area contributed by atoms with Gasteiger partial charge in [0.05, 0.1) is 0 Å². The van der Waals surface area contributed by atoms with E-state index in [2.05, 4.69) is 71.5 Å². The van der Waals surface area contributed by atoms with Crippen LogP contribution in [0.4, 0.5) is 5.69 Å². The van der Waals surface area contributed by atoms with Crippen molar-refractivity contribution in [3.05, 3.63) is 47.6 Å². The number of nitrogens with two attached hydrogens (primary N) is 1. The van der Waals surface area contributed by atoms with Crippen molar-refractivity contribution in [2.75, 3.05) is 26.4 Å². The molecule has 0 bridgehead atoms. The molecule has 0 radical (unpaired) electrons. The molecular weight excluding hydrogens is 268 g/mol. The monoisotopic (exact) mass is 300 g/mol. The Morgan fingerprint density at radius 1 is 1.32 bits per heavy atom. The summed E-state index contributed by atoms with van der Waals surface area (Å²) in [5, 5.41) is 0. The summed E-state index contributed by atoms with van der Waals surface area (Å²) in [5.74, 6) is 0. The summed E-state index contributed by atoms with van der Waals surface area (Å²) in [6.07, 6.45) is 4.20. The standard InChI is InChI=1S/C20H32N2/c1-15-9-11-18(19(21)12-15)17(3)10-8-16(2)13-20(4,5)14-22(6)7/h9-12H,2,8,13-14,21H2,1,3-7H3/b17-10+. The van der Waals surface area contributed by atoms with Gasteiger partial charge in [-0.2, -0.15) is 0 Å². The lowest BCUT2D eigenvalue weighted by Gasteiger charge is -2.29. The van der Waals surface area contributed by atoms with E-state index < -0.39 is 0 Å². The average Bonchev–Trinajstić information content (AvgIpc) is 2.33. The lowest BCUT2D eigenvalue weighted by Crippen LogP contribution is -2.28. The van der Waals surface area contributed by atoms with E-state index in [9.17, 15) is 0 Å². The van der Waals surface area contributed by atoms with Gasteiger partial charge in [-0.1, -0.05) is 44.2 Å². The van der Waals surface area contributed by atoms with Crippen molar-refractivity contribution >= 4 is 11.3 Å². The molecule has 1 rings (SSSR count). The Balaban J connectivity index is 2.69. The third kappa shape index (κ3) is 6.07. The highest BCUT2D eigenvalue weighted by Crippen LogP contribution is 2.28. The Bertz CT molecular complexity index is 551. The third-order valence-electron chi connectivity index (χ3n) is 3.80. The van der Waals surface area contributed by atoms with Crippen molar-refractivity contribution in [1.82, 2.24) is 4.90 Å². The molecule has 0 amide bonds. The Morgan fingerprint density at radius 2 is 1.95 bits per heavy atom. The van der Waals surface area contributed by atoms with E-state index in [0.717, 1.165) is 30.6 Å². The minimum Gasteiger partial charge on any atom is -0.398 e. The van der Waals surface area contributed by atoms with E-state index >= 15 is 0 Å². The summed E-state index contributed by atoms with van der Waals surface area (Å²) in [7, 11) is 4.24. The molecule has 0 aromatic heterocycles. The highest BCUT2D eigenvalue weighted by atomic mass is 15.1. The Hall–Kier alpha value is -1.54. The van der Waals surface area contributed by atoms with Crippen molar-refractivity contribution < 1.29 is 0 Å². The van der Waals surface area contributed by atoms with Gasteiger partial charge in [-0.25, -0.2) is 0 Å². The number of aryl methyl sites for hydroxylation is 1. The second kappa shape index (κ2) is 7.64. The van der Waals surface area contributed by atoms with Crippen molar-refractivity contribution in [3.63, 3.8) is 0 Å². The summed E-state index contributed by atoms with van der Waals surface area (Å²) in [6.45, 7) is 14.1. The zero-order valence-corrected chi connectivity index (χ0v) is 15.2. The van der Waals surface area contributed by atoms with Crippen molar-refractivity contribution in [2.24, 2.45) is 5.41 Å². The van der Waals surface area contributed by atoms with Crippen LogP contribution in [-0.4, -0.2) is 25.5 Å². The number of rotatable bonds is 7. The number of allylic oxidation sites excluding steroid dienone is 3. The van der Waals surface area contributed by atoms with Gasteiger partial charge in [0.1, 0.15) is 0 Å². The minimum absolute atomic E-state index is 0.255. The van der Waals surface area contributed by atoms with Crippen molar-refractivity contribution in [2.45, 2.75) is 40.5 Å². The molecular formula is C20H32N2. The molecule has 22 heavy (non-hydrogen) atoms. The smallest absolute Gasteiger partial charge is 0.0392 e. The fraction of sp³-hybridized carbons (Fsp3) is 0.500. The maximum Gasteiger partial charge on any atom is 0.0392 e. The molecule has 2 heteroatoms. The van der Waals surface area contributed by atoms with E-state index in [4.69, 9.17) is 5.73 Å². The molecule has 0 heterocycles. The van der Waals surface area contributed by atoms with Gasteiger partial charge in [0.2, 0.25) is 0 Å². The van der Waals surface area contributed by atoms with Gasteiger partial charge < -0.3 is 10.6 Å². The molecule has 0 fully saturated rings. The van der Waals surface area contributed by atoms with Gasteiger partial charge >= 0.3 is 0 Å². The number of nitrogens with zero attached hydrogens (tertiary/aromatic N) is 1. The summed E-state index contributed by atoms with van der Waals surface area (Å²) in [5.41, 5.74) is 12.1. The maximum atomic E-state index is 6.12. The molecule has 1 aromatic carbocycles. The first-order valence-electron chi connectivity index (χ1n) is 7.95. The summed E-state index contributed by atoms with van der Waals surface area (Å²) < 4.78 is 0. The van der Waals surface area contributed by atoms with Gasteiger partial charge in [-0.3, -0.25) is 0 Å². The molecule has 0 aliphatic carbocycles.